The van der Waals surface area contributed by atoms with Crippen LogP contribution in [0.3, 0.4) is 0 Å². The average Bonchev–Trinajstić information content (AvgIpc) is 2.37. The second-order valence-corrected chi connectivity index (χ2v) is 6.71. The number of hydrogen-bond acceptors (Lipinski definition) is 2. The van der Waals surface area contributed by atoms with Crippen molar-refractivity contribution in [2.75, 3.05) is 6.54 Å². The minimum absolute atomic E-state index is 0.363. The summed E-state index contributed by atoms with van der Waals surface area (Å²) in [6, 6.07) is 10.4. The van der Waals surface area contributed by atoms with Crippen molar-refractivity contribution in [2.24, 2.45) is 10.1 Å². The van der Waals surface area contributed by atoms with E-state index in [2.05, 4.69) is 53.6 Å². The average molecular weight is 294 g/mol. The molecule has 1 heterocycles. The van der Waals surface area contributed by atoms with Crippen molar-refractivity contribution in [3.8, 4) is 0 Å². The van der Waals surface area contributed by atoms with Crippen molar-refractivity contribution in [1.82, 2.24) is 5.43 Å². The molecule has 3 nitrogen and oxygen atoms in total. The Bertz CT molecular complexity index is 426. The summed E-state index contributed by atoms with van der Waals surface area (Å²) >= 11 is 0.363. The molecule has 1 aromatic carbocycles. The third kappa shape index (κ3) is 3.18. The summed E-state index contributed by atoms with van der Waals surface area (Å²) in [6.45, 7) is 5.27. The molecule has 0 aromatic heterocycles. The van der Waals surface area contributed by atoms with Crippen LogP contribution in [0, 0.1) is 0 Å². The molecule has 1 aliphatic rings. The predicted molar refractivity (Wildman–Crippen MR) is 73.9 cm³/mol. The van der Waals surface area contributed by atoms with Gasteiger partial charge >= 0.3 is 108 Å². The van der Waals surface area contributed by atoms with Crippen LogP contribution in [0.4, 0.5) is 0 Å². The summed E-state index contributed by atoms with van der Waals surface area (Å²) in [5.74, 6) is 0. The standard InChI is InChI=1S/C13H17N3Se/c1-3-9-14-13-16-15-12(10(2)17-13)11-7-5-4-6-8-11/h4-8,10H,3,9H2,1-2H3,(H,14,16). The number of nitrogens with one attached hydrogen (secondary N) is 1. The van der Waals surface area contributed by atoms with Crippen LogP contribution in [-0.4, -0.2) is 31.9 Å². The Balaban J connectivity index is 2.14. The quantitative estimate of drug-likeness (QED) is 0.853. The molecule has 0 aliphatic carbocycles. The van der Waals surface area contributed by atoms with Gasteiger partial charge in [-0.1, -0.05) is 0 Å². The molecule has 0 bridgehead atoms. The number of amidine groups is 1. The molecule has 0 saturated heterocycles. The molecule has 1 aliphatic heterocycles. The van der Waals surface area contributed by atoms with Gasteiger partial charge in [-0.25, -0.2) is 0 Å². The fraction of sp³-hybridized carbons (Fsp3) is 0.385. The fourth-order valence-electron chi connectivity index (χ4n) is 1.64. The third-order valence-electron chi connectivity index (χ3n) is 2.49. The van der Waals surface area contributed by atoms with Crippen LogP contribution >= 0.6 is 0 Å². The Morgan fingerprint density at radius 2 is 2.12 bits per heavy atom. The van der Waals surface area contributed by atoms with E-state index >= 15 is 0 Å². The molecule has 0 fully saturated rings. The molecule has 0 saturated carbocycles. The molecule has 0 amide bonds. The van der Waals surface area contributed by atoms with Gasteiger partial charge in [0, 0.05) is 0 Å². The Hall–Kier alpha value is -1.12. The summed E-state index contributed by atoms with van der Waals surface area (Å²) in [5.41, 5.74) is 5.46. The van der Waals surface area contributed by atoms with E-state index in [9.17, 15) is 0 Å². The molecule has 1 unspecified atom stereocenters. The second kappa shape index (κ2) is 5.99. The van der Waals surface area contributed by atoms with Crippen LogP contribution in [0.15, 0.2) is 40.4 Å². The molecule has 0 spiro atoms. The zero-order chi connectivity index (χ0) is 12.1. The summed E-state index contributed by atoms with van der Waals surface area (Å²) in [5, 5.41) is 4.47. The number of benzene rings is 1. The minimum atomic E-state index is 0.363. The zero-order valence-electron chi connectivity index (χ0n) is 10.2. The summed E-state index contributed by atoms with van der Waals surface area (Å²) in [6.07, 6.45) is 1.09. The van der Waals surface area contributed by atoms with E-state index in [0.29, 0.717) is 19.8 Å². The van der Waals surface area contributed by atoms with Crippen molar-refractivity contribution in [3.63, 3.8) is 0 Å². The van der Waals surface area contributed by atoms with Gasteiger partial charge in [0.25, 0.3) is 0 Å². The fourth-order valence-corrected chi connectivity index (χ4v) is 3.53. The summed E-state index contributed by atoms with van der Waals surface area (Å²) in [4.78, 5) is 4.99. The second-order valence-electron chi connectivity index (χ2n) is 3.92. The van der Waals surface area contributed by atoms with Gasteiger partial charge in [0.05, 0.1) is 0 Å². The van der Waals surface area contributed by atoms with E-state index in [-0.39, 0.29) is 0 Å². The van der Waals surface area contributed by atoms with Crippen molar-refractivity contribution < 1.29 is 0 Å². The number of aliphatic imine (C=N–C) groups is 1. The maximum absolute atomic E-state index is 4.51. The van der Waals surface area contributed by atoms with Gasteiger partial charge in [-0.05, 0) is 0 Å². The molecule has 1 N–H and O–H groups in total. The van der Waals surface area contributed by atoms with Crippen molar-refractivity contribution in [2.45, 2.75) is 25.1 Å². The molecule has 90 valence electrons. The van der Waals surface area contributed by atoms with Crippen LogP contribution in [-0.2, 0) is 0 Å². The predicted octanol–water partition coefficient (Wildman–Crippen LogP) is 2.27. The van der Waals surface area contributed by atoms with E-state index in [4.69, 9.17) is 0 Å². The normalized spacial score (nSPS) is 22.1. The topological polar surface area (TPSA) is 36.8 Å². The van der Waals surface area contributed by atoms with Crippen LogP contribution in [0.1, 0.15) is 25.8 Å². The number of nitrogens with zero attached hydrogens (tertiary/aromatic N) is 2. The van der Waals surface area contributed by atoms with Gasteiger partial charge in [0.15, 0.2) is 0 Å². The van der Waals surface area contributed by atoms with Gasteiger partial charge in [-0.2, -0.15) is 0 Å². The first-order valence-electron chi connectivity index (χ1n) is 5.91. The van der Waals surface area contributed by atoms with E-state index < -0.39 is 0 Å². The number of hydrazone groups is 1. The Kier molecular flexibility index (Phi) is 4.35. The Morgan fingerprint density at radius 1 is 1.35 bits per heavy atom. The summed E-state index contributed by atoms with van der Waals surface area (Å²) < 4.78 is 1.08. The van der Waals surface area contributed by atoms with Crippen LogP contribution < -0.4 is 5.43 Å². The maximum atomic E-state index is 4.51. The van der Waals surface area contributed by atoms with Crippen molar-refractivity contribution in [1.29, 1.82) is 0 Å². The third-order valence-corrected chi connectivity index (χ3v) is 4.64. The first-order valence-corrected chi connectivity index (χ1v) is 7.76. The molecule has 1 atom stereocenters. The van der Waals surface area contributed by atoms with Gasteiger partial charge < -0.3 is 0 Å². The molecule has 1 aromatic rings. The molecular formula is C13H17N3Se. The van der Waals surface area contributed by atoms with E-state index in [1.54, 1.807) is 0 Å². The van der Waals surface area contributed by atoms with Crippen molar-refractivity contribution in [3.05, 3.63) is 35.9 Å². The SMILES string of the molecule is CCCN=C1NN=C(c2ccccc2)C(C)[Se]1. The van der Waals surface area contributed by atoms with Crippen LogP contribution in [0.5, 0.6) is 0 Å². The first-order chi connectivity index (χ1) is 8.31. The van der Waals surface area contributed by atoms with E-state index in [1.807, 2.05) is 6.07 Å². The van der Waals surface area contributed by atoms with Gasteiger partial charge in [0.2, 0.25) is 0 Å². The Labute approximate surface area is 109 Å². The van der Waals surface area contributed by atoms with Crippen LogP contribution in [0.25, 0.3) is 0 Å². The van der Waals surface area contributed by atoms with E-state index in [0.717, 1.165) is 23.4 Å². The monoisotopic (exact) mass is 295 g/mol. The summed E-state index contributed by atoms with van der Waals surface area (Å²) in [7, 11) is 0. The van der Waals surface area contributed by atoms with Crippen LogP contribution in [0.2, 0.25) is 4.82 Å². The van der Waals surface area contributed by atoms with E-state index in [1.165, 1.54) is 5.56 Å². The zero-order valence-corrected chi connectivity index (χ0v) is 11.9. The van der Waals surface area contributed by atoms with Gasteiger partial charge in [0.1, 0.15) is 0 Å². The van der Waals surface area contributed by atoms with Gasteiger partial charge in [-0.3, -0.25) is 0 Å². The molecular weight excluding hydrogens is 277 g/mol. The van der Waals surface area contributed by atoms with Crippen molar-refractivity contribution >= 4 is 25.4 Å². The molecule has 17 heavy (non-hydrogen) atoms. The van der Waals surface area contributed by atoms with Gasteiger partial charge in [-0.15, -0.1) is 0 Å². The molecule has 2 rings (SSSR count). The number of hydrogen-bond donors (Lipinski definition) is 1. The first kappa shape index (κ1) is 12.3. The Morgan fingerprint density at radius 3 is 2.76 bits per heavy atom. The number of rotatable bonds is 3. The molecule has 0 radical (unpaired) electrons. The molecule has 4 heteroatoms.